The molecule has 0 aliphatic carbocycles. The van der Waals surface area contributed by atoms with Gasteiger partial charge >= 0.3 is 0 Å². The van der Waals surface area contributed by atoms with Crippen LogP contribution in [0.4, 0.5) is 0 Å². The number of pyridine rings is 1. The summed E-state index contributed by atoms with van der Waals surface area (Å²) in [6.45, 7) is 5.87. The number of benzene rings is 2. The number of hydrogen-bond donors (Lipinski definition) is 0. The average Bonchev–Trinajstić information content (AvgIpc) is 2.53. The normalized spacial score (nSPS) is 11.6. The van der Waals surface area contributed by atoms with Gasteiger partial charge in [-0.2, -0.15) is 0 Å². The first-order chi connectivity index (χ1) is 11.7. The molecule has 0 amide bonds. The Morgan fingerprint density at radius 3 is 2.44 bits per heavy atom. The van der Waals surface area contributed by atoms with Crippen molar-refractivity contribution in [3.8, 4) is 5.88 Å². The van der Waals surface area contributed by atoms with Crippen molar-refractivity contribution in [3.05, 3.63) is 69.2 Å². The summed E-state index contributed by atoms with van der Waals surface area (Å²) in [4.78, 5) is 17.5. The number of fused-ring (bicyclic) bond motifs is 1. The summed E-state index contributed by atoms with van der Waals surface area (Å²) in [7, 11) is 0. The van der Waals surface area contributed by atoms with Gasteiger partial charge in [0.25, 0.3) is 0 Å². The second-order valence-electron chi connectivity index (χ2n) is 6.69. The van der Waals surface area contributed by atoms with Gasteiger partial charge < -0.3 is 4.74 Å². The number of halogens is 2. The number of hydrogen-bond acceptors (Lipinski definition) is 3. The minimum Gasteiger partial charge on any atom is -0.472 e. The van der Waals surface area contributed by atoms with Crippen molar-refractivity contribution in [1.29, 1.82) is 0 Å². The zero-order valence-electron chi connectivity index (χ0n) is 14.1. The third kappa shape index (κ3) is 4.02. The highest BCUT2D eigenvalue weighted by Gasteiger charge is 2.18. The van der Waals surface area contributed by atoms with Gasteiger partial charge in [-0.25, -0.2) is 4.98 Å². The Kier molecular flexibility index (Phi) is 4.85. The first-order valence-electron chi connectivity index (χ1n) is 7.83. The summed E-state index contributed by atoms with van der Waals surface area (Å²) in [5, 5.41) is 1.46. The summed E-state index contributed by atoms with van der Waals surface area (Å²) in [5.74, 6) is 0.373. The number of ketones is 1. The van der Waals surface area contributed by atoms with Crippen LogP contribution in [0, 0.1) is 0 Å². The third-order valence-electron chi connectivity index (χ3n) is 3.53. The molecule has 3 aromatic rings. The number of para-hydroxylation sites is 1. The van der Waals surface area contributed by atoms with Gasteiger partial charge in [0.05, 0.1) is 5.52 Å². The molecule has 0 radical (unpaired) electrons. The van der Waals surface area contributed by atoms with Crippen LogP contribution in [0.25, 0.3) is 10.9 Å². The number of aromatic nitrogens is 1. The van der Waals surface area contributed by atoms with Crippen molar-refractivity contribution >= 4 is 44.2 Å². The van der Waals surface area contributed by atoms with Crippen LogP contribution in [-0.4, -0.2) is 16.4 Å². The highest BCUT2D eigenvalue weighted by molar-refractivity contribution is 9.10. The molecule has 0 aliphatic rings. The lowest BCUT2D eigenvalue weighted by Crippen LogP contribution is -2.23. The lowest BCUT2D eigenvalue weighted by atomic mass is 10.0. The van der Waals surface area contributed by atoms with Crippen molar-refractivity contribution in [2.24, 2.45) is 0 Å². The summed E-state index contributed by atoms with van der Waals surface area (Å²) in [6.07, 6.45) is 0. The molecule has 5 heteroatoms. The van der Waals surface area contributed by atoms with E-state index in [2.05, 4.69) is 20.9 Å². The van der Waals surface area contributed by atoms with Crippen LogP contribution in [-0.2, 0) is 0 Å². The molecule has 0 N–H and O–H groups in total. The SMILES string of the molecule is CC(C)(C)Oc1cc(Br)c2cccc(C(=O)c3ccc(Cl)cc3)c2n1. The molecule has 25 heavy (non-hydrogen) atoms. The number of ether oxygens (including phenoxy) is 1. The van der Waals surface area contributed by atoms with Gasteiger partial charge in [0.2, 0.25) is 5.88 Å². The molecule has 0 saturated heterocycles. The predicted molar refractivity (Wildman–Crippen MR) is 105 cm³/mol. The number of carbonyl (C=O) groups excluding carboxylic acids is 1. The highest BCUT2D eigenvalue weighted by Crippen LogP contribution is 2.31. The third-order valence-corrected chi connectivity index (χ3v) is 4.44. The Balaban J connectivity index is 2.14. The summed E-state index contributed by atoms with van der Waals surface area (Å²) >= 11 is 9.47. The van der Waals surface area contributed by atoms with Gasteiger partial charge in [0.1, 0.15) is 5.60 Å². The molecule has 1 heterocycles. The first-order valence-corrected chi connectivity index (χ1v) is 9.00. The quantitative estimate of drug-likeness (QED) is 0.485. The van der Waals surface area contributed by atoms with Crippen molar-refractivity contribution in [2.75, 3.05) is 0 Å². The van der Waals surface area contributed by atoms with E-state index < -0.39 is 0 Å². The van der Waals surface area contributed by atoms with Gasteiger partial charge in [0.15, 0.2) is 5.78 Å². The summed E-state index contributed by atoms with van der Waals surface area (Å²) in [6, 6.07) is 14.2. The van der Waals surface area contributed by atoms with E-state index in [1.54, 1.807) is 30.3 Å². The highest BCUT2D eigenvalue weighted by atomic mass is 79.9. The van der Waals surface area contributed by atoms with Crippen LogP contribution in [0.2, 0.25) is 5.02 Å². The van der Waals surface area contributed by atoms with Gasteiger partial charge in [-0.3, -0.25) is 4.79 Å². The average molecular weight is 419 g/mol. The van der Waals surface area contributed by atoms with Crippen LogP contribution in [0.3, 0.4) is 0 Å². The Hall–Kier alpha value is -1.91. The fourth-order valence-electron chi connectivity index (χ4n) is 2.49. The fourth-order valence-corrected chi connectivity index (χ4v) is 3.13. The molecule has 0 fully saturated rings. The molecule has 0 bridgehead atoms. The number of nitrogens with zero attached hydrogens (tertiary/aromatic N) is 1. The molecule has 3 nitrogen and oxygen atoms in total. The fraction of sp³-hybridized carbons (Fsp3) is 0.200. The molecule has 128 valence electrons. The van der Waals surface area contributed by atoms with E-state index >= 15 is 0 Å². The van der Waals surface area contributed by atoms with Crippen LogP contribution in [0.1, 0.15) is 36.7 Å². The van der Waals surface area contributed by atoms with Gasteiger partial charge in [-0.1, -0.05) is 23.7 Å². The van der Waals surface area contributed by atoms with Gasteiger partial charge in [-0.15, -0.1) is 0 Å². The maximum Gasteiger partial charge on any atom is 0.215 e. The van der Waals surface area contributed by atoms with E-state index in [1.165, 1.54) is 0 Å². The van der Waals surface area contributed by atoms with Gasteiger partial charge in [-0.05, 0) is 67.0 Å². The Morgan fingerprint density at radius 2 is 1.80 bits per heavy atom. The Labute approximate surface area is 160 Å². The zero-order valence-corrected chi connectivity index (χ0v) is 16.5. The molecule has 0 saturated carbocycles. The van der Waals surface area contributed by atoms with E-state index in [0.717, 1.165) is 9.86 Å². The van der Waals surface area contributed by atoms with Crippen LogP contribution >= 0.6 is 27.5 Å². The number of carbonyl (C=O) groups is 1. The second-order valence-corrected chi connectivity index (χ2v) is 7.99. The molecular weight excluding hydrogens is 402 g/mol. The Morgan fingerprint density at radius 1 is 1.12 bits per heavy atom. The van der Waals surface area contributed by atoms with Crippen LogP contribution in [0.15, 0.2) is 53.0 Å². The molecule has 0 unspecified atom stereocenters. The maximum absolute atomic E-state index is 12.9. The molecule has 3 rings (SSSR count). The molecule has 0 aliphatic heterocycles. The van der Waals surface area contributed by atoms with Gasteiger partial charge in [0, 0.05) is 32.1 Å². The smallest absolute Gasteiger partial charge is 0.215 e. The zero-order chi connectivity index (χ0) is 18.2. The molecule has 0 spiro atoms. The van der Waals surface area contributed by atoms with Crippen LogP contribution < -0.4 is 4.74 Å². The largest absolute Gasteiger partial charge is 0.472 e. The standard InChI is InChI=1S/C20H17BrClNO2/c1-20(2,3)25-17-11-16(21)14-5-4-6-15(18(14)23-17)19(24)12-7-9-13(22)10-8-12/h4-11H,1-3H3. The topological polar surface area (TPSA) is 39.2 Å². The van der Waals surface area contributed by atoms with Crippen LogP contribution in [0.5, 0.6) is 5.88 Å². The van der Waals surface area contributed by atoms with E-state index in [1.807, 2.05) is 39.0 Å². The number of rotatable bonds is 3. The molecule has 1 aromatic heterocycles. The minimum absolute atomic E-state index is 0.102. The minimum atomic E-state index is -0.380. The lowest BCUT2D eigenvalue weighted by molar-refractivity contribution is 0.104. The van der Waals surface area contributed by atoms with Crippen molar-refractivity contribution in [2.45, 2.75) is 26.4 Å². The second kappa shape index (κ2) is 6.77. The maximum atomic E-state index is 12.9. The molecular formula is C20H17BrClNO2. The first kappa shape index (κ1) is 17.9. The van der Waals surface area contributed by atoms with Crippen molar-refractivity contribution in [1.82, 2.24) is 4.98 Å². The predicted octanol–water partition coefficient (Wildman–Crippen LogP) is 6.06. The van der Waals surface area contributed by atoms with E-state index in [4.69, 9.17) is 16.3 Å². The summed E-state index contributed by atoms with van der Waals surface area (Å²) < 4.78 is 6.71. The van der Waals surface area contributed by atoms with Crippen molar-refractivity contribution in [3.63, 3.8) is 0 Å². The molecule has 2 aromatic carbocycles. The van der Waals surface area contributed by atoms with Crippen molar-refractivity contribution < 1.29 is 9.53 Å². The monoisotopic (exact) mass is 417 g/mol. The van der Waals surface area contributed by atoms with E-state index in [-0.39, 0.29) is 11.4 Å². The Bertz CT molecular complexity index is 946. The van der Waals surface area contributed by atoms with E-state index in [0.29, 0.717) is 27.5 Å². The lowest BCUT2D eigenvalue weighted by Gasteiger charge is -2.21. The van der Waals surface area contributed by atoms with E-state index in [9.17, 15) is 4.79 Å². The summed E-state index contributed by atoms with van der Waals surface area (Å²) in [5.41, 5.74) is 1.32. The molecule has 0 atom stereocenters.